The third-order valence-corrected chi connectivity index (χ3v) is 3.75. The molecule has 0 radical (unpaired) electrons. The maximum Gasteiger partial charge on any atom is 0.324 e. The van der Waals surface area contributed by atoms with E-state index >= 15 is 0 Å². The molecule has 0 aromatic heterocycles. The second kappa shape index (κ2) is 7.00. The van der Waals surface area contributed by atoms with E-state index in [4.69, 9.17) is 10.4 Å². The van der Waals surface area contributed by atoms with Crippen LogP contribution in [-0.4, -0.2) is 39.3 Å². The van der Waals surface area contributed by atoms with Gasteiger partial charge < -0.3 is 9.84 Å². The van der Waals surface area contributed by atoms with Crippen molar-refractivity contribution in [3.05, 3.63) is 35.4 Å². The maximum absolute atomic E-state index is 11.8. The van der Waals surface area contributed by atoms with Gasteiger partial charge in [-0.3, -0.25) is 4.79 Å². The van der Waals surface area contributed by atoms with E-state index in [1.54, 1.807) is 0 Å². The van der Waals surface area contributed by atoms with Crippen LogP contribution in [0.4, 0.5) is 0 Å². The summed E-state index contributed by atoms with van der Waals surface area (Å²) in [5, 5.41) is 17.5. The molecule has 0 spiro atoms. The van der Waals surface area contributed by atoms with E-state index in [0.29, 0.717) is 11.1 Å². The Bertz CT molecular complexity index is 604. The Morgan fingerprint density at radius 3 is 2.50 bits per heavy atom. The summed E-state index contributed by atoms with van der Waals surface area (Å²) < 4.78 is 30.4. The SMILES string of the molecule is COCC(NS(=O)(=O)Cc1ccc(C#N)cc1)C(=O)O. The number of rotatable bonds is 7. The van der Waals surface area contributed by atoms with Crippen molar-refractivity contribution in [1.29, 1.82) is 5.26 Å². The molecule has 1 aromatic carbocycles. The van der Waals surface area contributed by atoms with Crippen molar-refractivity contribution in [1.82, 2.24) is 4.72 Å². The van der Waals surface area contributed by atoms with Gasteiger partial charge in [0.05, 0.1) is 24.0 Å². The molecule has 1 unspecified atom stereocenters. The second-order valence-corrected chi connectivity index (χ2v) is 5.79. The first-order valence-corrected chi connectivity index (χ1v) is 7.24. The fourth-order valence-corrected chi connectivity index (χ4v) is 2.79. The van der Waals surface area contributed by atoms with Crippen LogP contribution in [0.3, 0.4) is 0 Å². The molecule has 7 nitrogen and oxygen atoms in total. The van der Waals surface area contributed by atoms with Gasteiger partial charge in [0.15, 0.2) is 0 Å². The van der Waals surface area contributed by atoms with E-state index in [2.05, 4.69) is 9.46 Å². The van der Waals surface area contributed by atoms with Gasteiger partial charge in [-0.2, -0.15) is 9.98 Å². The van der Waals surface area contributed by atoms with Gasteiger partial charge in [-0.1, -0.05) is 12.1 Å². The summed E-state index contributed by atoms with van der Waals surface area (Å²) in [4.78, 5) is 10.9. The number of hydrogen-bond donors (Lipinski definition) is 2. The van der Waals surface area contributed by atoms with E-state index in [9.17, 15) is 13.2 Å². The van der Waals surface area contributed by atoms with Crippen LogP contribution in [0.2, 0.25) is 0 Å². The number of nitrogens with one attached hydrogen (secondary N) is 1. The number of nitriles is 1. The van der Waals surface area contributed by atoms with E-state index in [1.807, 2.05) is 6.07 Å². The molecular formula is C12H14N2O5S. The van der Waals surface area contributed by atoms with Crippen molar-refractivity contribution in [3.63, 3.8) is 0 Å². The highest BCUT2D eigenvalue weighted by atomic mass is 32.2. The number of carbonyl (C=O) groups is 1. The van der Waals surface area contributed by atoms with Crippen LogP contribution >= 0.6 is 0 Å². The fraction of sp³-hybridized carbons (Fsp3) is 0.333. The number of ether oxygens (including phenoxy) is 1. The number of aliphatic carboxylic acids is 1. The third-order valence-electron chi connectivity index (χ3n) is 2.39. The van der Waals surface area contributed by atoms with Crippen LogP contribution in [0.15, 0.2) is 24.3 Å². The monoisotopic (exact) mass is 298 g/mol. The summed E-state index contributed by atoms with van der Waals surface area (Å²) in [7, 11) is -2.53. The van der Waals surface area contributed by atoms with Crippen molar-refractivity contribution in [2.45, 2.75) is 11.8 Å². The molecule has 0 fully saturated rings. The molecule has 20 heavy (non-hydrogen) atoms. The highest BCUT2D eigenvalue weighted by Crippen LogP contribution is 2.07. The zero-order valence-electron chi connectivity index (χ0n) is 10.7. The van der Waals surface area contributed by atoms with Crippen molar-refractivity contribution >= 4 is 16.0 Å². The van der Waals surface area contributed by atoms with Gasteiger partial charge in [0, 0.05) is 7.11 Å². The molecule has 1 rings (SSSR count). The lowest BCUT2D eigenvalue weighted by atomic mass is 10.2. The van der Waals surface area contributed by atoms with Gasteiger partial charge in [0.25, 0.3) is 0 Å². The number of sulfonamides is 1. The summed E-state index contributed by atoms with van der Waals surface area (Å²) in [5.74, 6) is -1.68. The number of carboxylic acid groups (broad SMARTS) is 1. The lowest BCUT2D eigenvalue weighted by Crippen LogP contribution is -2.44. The molecule has 0 amide bonds. The van der Waals surface area contributed by atoms with Crippen LogP contribution in [-0.2, 0) is 25.3 Å². The Balaban J connectivity index is 2.78. The lowest BCUT2D eigenvalue weighted by molar-refractivity contribution is -0.140. The zero-order valence-corrected chi connectivity index (χ0v) is 11.6. The molecule has 0 aliphatic heterocycles. The van der Waals surface area contributed by atoms with Crippen LogP contribution in [0.25, 0.3) is 0 Å². The van der Waals surface area contributed by atoms with Crippen molar-refractivity contribution in [3.8, 4) is 6.07 Å². The van der Waals surface area contributed by atoms with Crippen LogP contribution in [0.5, 0.6) is 0 Å². The molecule has 8 heteroatoms. The third kappa shape index (κ3) is 4.97. The van der Waals surface area contributed by atoms with Gasteiger partial charge in [-0.25, -0.2) is 8.42 Å². The average Bonchev–Trinajstić information content (AvgIpc) is 2.38. The second-order valence-electron chi connectivity index (χ2n) is 4.03. The fourth-order valence-electron chi connectivity index (χ4n) is 1.48. The first-order valence-electron chi connectivity index (χ1n) is 5.58. The van der Waals surface area contributed by atoms with Crippen molar-refractivity contribution in [2.75, 3.05) is 13.7 Å². The van der Waals surface area contributed by atoms with Gasteiger partial charge in [0.2, 0.25) is 10.0 Å². The molecule has 2 N–H and O–H groups in total. The van der Waals surface area contributed by atoms with Crippen molar-refractivity contribution < 1.29 is 23.1 Å². The number of benzene rings is 1. The standard InChI is InChI=1S/C12H14N2O5S/c1-19-7-11(12(15)16)14-20(17,18)8-10-4-2-9(6-13)3-5-10/h2-5,11,14H,7-8H2,1H3,(H,15,16). The molecule has 0 aliphatic rings. The summed E-state index contributed by atoms with van der Waals surface area (Å²) >= 11 is 0. The largest absolute Gasteiger partial charge is 0.480 e. The topological polar surface area (TPSA) is 116 Å². The molecule has 0 saturated heterocycles. The minimum absolute atomic E-state index is 0.262. The van der Waals surface area contributed by atoms with Crippen LogP contribution in [0.1, 0.15) is 11.1 Å². The summed E-state index contributed by atoms with van der Waals surface area (Å²) in [6, 6.07) is 6.59. The molecule has 0 bridgehead atoms. The van der Waals surface area contributed by atoms with Gasteiger partial charge in [-0.15, -0.1) is 0 Å². The number of nitrogens with zero attached hydrogens (tertiary/aromatic N) is 1. The minimum Gasteiger partial charge on any atom is -0.480 e. The molecule has 1 aromatic rings. The Morgan fingerprint density at radius 1 is 1.45 bits per heavy atom. The zero-order chi connectivity index (χ0) is 15.2. The first kappa shape index (κ1) is 16.1. The van der Waals surface area contributed by atoms with Crippen molar-refractivity contribution in [2.24, 2.45) is 0 Å². The first-order chi connectivity index (χ1) is 9.38. The Morgan fingerprint density at radius 2 is 2.05 bits per heavy atom. The van der Waals surface area contributed by atoms with E-state index in [-0.39, 0.29) is 12.4 Å². The number of methoxy groups -OCH3 is 1. The molecule has 0 heterocycles. The quantitative estimate of drug-likeness (QED) is 0.736. The molecular weight excluding hydrogens is 284 g/mol. The smallest absolute Gasteiger partial charge is 0.324 e. The van der Waals surface area contributed by atoms with Crippen LogP contribution in [0, 0.1) is 11.3 Å². The summed E-state index contributed by atoms with van der Waals surface area (Å²) in [5.41, 5.74) is 0.875. The van der Waals surface area contributed by atoms with Gasteiger partial charge >= 0.3 is 5.97 Å². The Hall–Kier alpha value is -1.95. The summed E-state index contributed by atoms with van der Waals surface area (Å²) in [6.07, 6.45) is 0. The van der Waals surface area contributed by atoms with E-state index in [0.717, 1.165) is 0 Å². The highest BCUT2D eigenvalue weighted by Gasteiger charge is 2.24. The average molecular weight is 298 g/mol. The number of carboxylic acids is 1. The normalized spacial score (nSPS) is 12.6. The maximum atomic E-state index is 11.8. The van der Waals surface area contributed by atoms with Crippen LogP contribution < -0.4 is 4.72 Å². The molecule has 108 valence electrons. The summed E-state index contributed by atoms with van der Waals surface area (Å²) in [6.45, 7) is -0.262. The van der Waals surface area contributed by atoms with E-state index < -0.39 is 22.0 Å². The predicted molar refractivity (Wildman–Crippen MR) is 70.2 cm³/mol. The van der Waals surface area contributed by atoms with Gasteiger partial charge in [0.1, 0.15) is 6.04 Å². The van der Waals surface area contributed by atoms with E-state index in [1.165, 1.54) is 31.4 Å². The van der Waals surface area contributed by atoms with Gasteiger partial charge in [-0.05, 0) is 17.7 Å². The highest BCUT2D eigenvalue weighted by molar-refractivity contribution is 7.88. The molecule has 1 atom stereocenters. The molecule has 0 aliphatic carbocycles. The Kier molecular flexibility index (Phi) is 5.64. The predicted octanol–water partition coefficient (Wildman–Crippen LogP) is 0.0773. The molecule has 0 saturated carbocycles. The Labute approximate surface area is 116 Å². The minimum atomic E-state index is -3.81. The lowest BCUT2D eigenvalue weighted by Gasteiger charge is -2.13. The number of hydrogen-bond acceptors (Lipinski definition) is 5.